The third kappa shape index (κ3) is 4.74. The van der Waals surface area contributed by atoms with E-state index in [1.807, 2.05) is 0 Å². The van der Waals surface area contributed by atoms with E-state index in [1.165, 1.54) is 6.07 Å². The molecule has 0 amide bonds. The van der Waals surface area contributed by atoms with Crippen molar-refractivity contribution in [2.24, 2.45) is 0 Å². The van der Waals surface area contributed by atoms with E-state index in [1.54, 1.807) is 13.0 Å². The number of hydrogen-bond donors (Lipinski definition) is 0. The molecule has 8 heteroatoms. The topological polar surface area (TPSA) is 59.3 Å². The summed E-state index contributed by atoms with van der Waals surface area (Å²) in [6.45, 7) is 1.70. The van der Waals surface area contributed by atoms with Crippen molar-refractivity contribution in [3.05, 3.63) is 27.7 Å². The second-order valence-electron chi connectivity index (χ2n) is 3.58. The second kappa shape index (κ2) is 6.61. The molecule has 0 bridgehead atoms. The first-order valence-corrected chi connectivity index (χ1v) is 6.20. The number of nitrogens with zero attached hydrogens (tertiary/aromatic N) is 1. The van der Waals surface area contributed by atoms with Crippen molar-refractivity contribution in [2.45, 2.75) is 19.7 Å². The number of benzene rings is 1. The summed E-state index contributed by atoms with van der Waals surface area (Å²) in [5.74, 6) is -1.28. The summed E-state index contributed by atoms with van der Waals surface area (Å²) in [5, 5.41) is 8.79. The Morgan fingerprint density at radius 1 is 1.45 bits per heavy atom. The van der Waals surface area contributed by atoms with E-state index in [-0.39, 0.29) is 28.6 Å². The fourth-order valence-corrected chi connectivity index (χ4v) is 1.89. The van der Waals surface area contributed by atoms with Crippen molar-refractivity contribution in [3.63, 3.8) is 0 Å². The van der Waals surface area contributed by atoms with Gasteiger partial charge >= 0.3 is 12.3 Å². The van der Waals surface area contributed by atoms with E-state index in [0.29, 0.717) is 0 Å². The van der Waals surface area contributed by atoms with Gasteiger partial charge in [0.15, 0.2) is 0 Å². The SMILES string of the molecule is CCOC(=O)Cc1cc(Br)c(C#N)cc1OC(F)(F)F. The molecule has 0 radical (unpaired) electrons. The zero-order valence-corrected chi connectivity index (χ0v) is 11.8. The number of alkyl halides is 3. The Labute approximate surface area is 121 Å². The van der Waals surface area contributed by atoms with Gasteiger partial charge in [-0.1, -0.05) is 0 Å². The molecule has 108 valence electrons. The van der Waals surface area contributed by atoms with Gasteiger partial charge in [-0.15, -0.1) is 13.2 Å². The quantitative estimate of drug-likeness (QED) is 0.780. The van der Waals surface area contributed by atoms with Crippen LogP contribution in [0, 0.1) is 11.3 Å². The average Bonchev–Trinajstić information content (AvgIpc) is 2.31. The van der Waals surface area contributed by atoms with E-state index >= 15 is 0 Å². The Kier molecular flexibility index (Phi) is 5.39. The van der Waals surface area contributed by atoms with Crippen molar-refractivity contribution in [1.29, 1.82) is 5.26 Å². The highest BCUT2D eigenvalue weighted by Gasteiger charge is 2.32. The second-order valence-corrected chi connectivity index (χ2v) is 4.44. The van der Waals surface area contributed by atoms with Gasteiger partial charge in [0.1, 0.15) is 11.8 Å². The van der Waals surface area contributed by atoms with E-state index in [0.717, 1.165) is 6.07 Å². The molecule has 4 nitrogen and oxygen atoms in total. The van der Waals surface area contributed by atoms with Crippen molar-refractivity contribution in [3.8, 4) is 11.8 Å². The van der Waals surface area contributed by atoms with Crippen LogP contribution in [0.4, 0.5) is 13.2 Å². The molecule has 0 aliphatic carbocycles. The maximum Gasteiger partial charge on any atom is 0.573 e. The van der Waals surface area contributed by atoms with Crippen LogP contribution in [0.3, 0.4) is 0 Å². The standard InChI is InChI=1S/C12H9BrF3NO3/c1-2-19-11(18)5-7-3-9(13)8(6-17)4-10(7)20-12(14,15)16/h3-4H,2,5H2,1H3. The molecule has 0 unspecified atom stereocenters. The van der Waals surface area contributed by atoms with Crippen molar-refractivity contribution in [2.75, 3.05) is 6.61 Å². The Morgan fingerprint density at radius 2 is 2.10 bits per heavy atom. The van der Waals surface area contributed by atoms with Crippen LogP contribution in [0.2, 0.25) is 0 Å². The van der Waals surface area contributed by atoms with Gasteiger partial charge in [-0.25, -0.2) is 0 Å². The number of hydrogen-bond acceptors (Lipinski definition) is 4. The largest absolute Gasteiger partial charge is 0.573 e. The lowest BCUT2D eigenvalue weighted by Gasteiger charge is -2.14. The van der Waals surface area contributed by atoms with Crippen LogP contribution < -0.4 is 4.74 Å². The number of esters is 1. The molecule has 0 fully saturated rings. The lowest BCUT2D eigenvalue weighted by atomic mass is 10.1. The number of ether oxygens (including phenoxy) is 2. The highest BCUT2D eigenvalue weighted by Crippen LogP contribution is 2.31. The molecule has 0 aromatic heterocycles. The first-order chi connectivity index (χ1) is 9.26. The van der Waals surface area contributed by atoms with E-state index < -0.39 is 18.1 Å². The summed E-state index contributed by atoms with van der Waals surface area (Å²) >= 11 is 3.04. The minimum atomic E-state index is -4.91. The predicted molar refractivity (Wildman–Crippen MR) is 65.9 cm³/mol. The summed E-state index contributed by atoms with van der Waals surface area (Å²) in [5.41, 5.74) is -0.0523. The summed E-state index contributed by atoms with van der Waals surface area (Å²) in [6.07, 6.45) is -5.30. The first kappa shape index (κ1) is 16.3. The molecule has 1 aromatic carbocycles. The fourth-order valence-electron chi connectivity index (χ4n) is 1.41. The van der Waals surface area contributed by atoms with Gasteiger partial charge in [0.25, 0.3) is 0 Å². The van der Waals surface area contributed by atoms with Gasteiger partial charge in [-0.2, -0.15) is 5.26 Å². The minimum Gasteiger partial charge on any atom is -0.466 e. The molecule has 0 aliphatic heterocycles. The lowest BCUT2D eigenvalue weighted by Crippen LogP contribution is -2.19. The fraction of sp³-hybridized carbons (Fsp3) is 0.333. The first-order valence-electron chi connectivity index (χ1n) is 5.40. The highest BCUT2D eigenvalue weighted by molar-refractivity contribution is 9.10. The summed E-state index contributed by atoms with van der Waals surface area (Å²) in [4.78, 5) is 11.4. The molecular weight excluding hydrogens is 343 g/mol. The van der Waals surface area contributed by atoms with E-state index in [4.69, 9.17) is 5.26 Å². The van der Waals surface area contributed by atoms with Crippen LogP contribution >= 0.6 is 15.9 Å². The predicted octanol–water partition coefficient (Wildman–Crippen LogP) is 3.32. The monoisotopic (exact) mass is 351 g/mol. The van der Waals surface area contributed by atoms with Gasteiger partial charge in [-0.3, -0.25) is 4.79 Å². The maximum atomic E-state index is 12.3. The van der Waals surface area contributed by atoms with E-state index in [2.05, 4.69) is 25.4 Å². The normalized spacial score (nSPS) is 10.8. The molecule has 0 aliphatic rings. The zero-order valence-electron chi connectivity index (χ0n) is 10.3. The number of carbonyl (C=O) groups excluding carboxylic acids is 1. The van der Waals surface area contributed by atoms with E-state index in [9.17, 15) is 18.0 Å². The molecule has 0 saturated carbocycles. The number of nitriles is 1. The highest BCUT2D eigenvalue weighted by atomic mass is 79.9. The Balaban J connectivity index is 3.16. The van der Waals surface area contributed by atoms with Crippen LogP contribution in [-0.4, -0.2) is 18.9 Å². The number of rotatable bonds is 4. The van der Waals surface area contributed by atoms with Crippen LogP contribution in [0.25, 0.3) is 0 Å². The van der Waals surface area contributed by atoms with Gasteiger partial charge < -0.3 is 9.47 Å². The molecule has 1 rings (SSSR count). The molecule has 20 heavy (non-hydrogen) atoms. The van der Waals surface area contributed by atoms with Crippen molar-refractivity contribution < 1.29 is 27.4 Å². The third-order valence-corrected chi connectivity index (χ3v) is 2.79. The summed E-state index contributed by atoms with van der Waals surface area (Å²) in [6, 6.07) is 3.87. The third-order valence-electron chi connectivity index (χ3n) is 2.14. The minimum absolute atomic E-state index is 0.0216. The zero-order chi connectivity index (χ0) is 15.3. The number of carbonyl (C=O) groups is 1. The molecule has 1 aromatic rings. The molecule has 0 atom stereocenters. The smallest absolute Gasteiger partial charge is 0.466 e. The van der Waals surface area contributed by atoms with Crippen LogP contribution in [0.15, 0.2) is 16.6 Å². The van der Waals surface area contributed by atoms with Gasteiger partial charge in [0, 0.05) is 10.0 Å². The maximum absolute atomic E-state index is 12.3. The van der Waals surface area contributed by atoms with Crippen LogP contribution in [0.5, 0.6) is 5.75 Å². The summed E-state index contributed by atoms with van der Waals surface area (Å²) < 4.78 is 45.7. The lowest BCUT2D eigenvalue weighted by molar-refractivity contribution is -0.275. The van der Waals surface area contributed by atoms with Crippen LogP contribution in [-0.2, 0) is 16.0 Å². The van der Waals surface area contributed by atoms with Crippen molar-refractivity contribution >= 4 is 21.9 Å². The van der Waals surface area contributed by atoms with Crippen LogP contribution in [0.1, 0.15) is 18.1 Å². The van der Waals surface area contributed by atoms with Gasteiger partial charge in [0.05, 0.1) is 18.6 Å². The molecule has 0 N–H and O–H groups in total. The molecular formula is C12H9BrF3NO3. The summed E-state index contributed by atoms with van der Waals surface area (Å²) in [7, 11) is 0. The molecule has 0 heterocycles. The Bertz CT molecular complexity index is 552. The molecule has 0 spiro atoms. The average molecular weight is 352 g/mol. The number of halogens is 4. The Morgan fingerprint density at radius 3 is 2.60 bits per heavy atom. The van der Waals surface area contributed by atoms with Crippen molar-refractivity contribution in [1.82, 2.24) is 0 Å². The molecule has 0 saturated heterocycles. The van der Waals surface area contributed by atoms with Gasteiger partial charge in [0.2, 0.25) is 0 Å². The Hall–Kier alpha value is -1.75. The van der Waals surface area contributed by atoms with Gasteiger partial charge in [-0.05, 0) is 35.0 Å².